The topological polar surface area (TPSA) is 73.1 Å². The Morgan fingerprint density at radius 2 is 1.72 bits per heavy atom. The summed E-state index contributed by atoms with van der Waals surface area (Å²) in [5.41, 5.74) is 7.91. The normalized spacial score (nSPS) is 10.6. The molecule has 0 saturated heterocycles. The lowest BCUT2D eigenvalue weighted by molar-refractivity contribution is 0.464. The monoisotopic (exact) mass is 394 g/mol. The highest BCUT2D eigenvalue weighted by Crippen LogP contribution is 2.33. The Morgan fingerprint density at radius 1 is 1.00 bits per heavy atom. The SMILES string of the molecule is Cc1cc(Oc2ncnc(Nc3cc(Cl)cc(Cl)c3)c2N)ccc1Cl. The molecule has 0 amide bonds. The highest BCUT2D eigenvalue weighted by molar-refractivity contribution is 6.35. The summed E-state index contributed by atoms with van der Waals surface area (Å²) in [6.07, 6.45) is 1.35. The van der Waals surface area contributed by atoms with Crippen LogP contribution in [0.1, 0.15) is 5.56 Å². The quantitative estimate of drug-likeness (QED) is 0.578. The maximum Gasteiger partial charge on any atom is 0.248 e. The van der Waals surface area contributed by atoms with Gasteiger partial charge in [-0.25, -0.2) is 4.98 Å². The van der Waals surface area contributed by atoms with Gasteiger partial charge in [-0.3, -0.25) is 0 Å². The molecule has 5 nitrogen and oxygen atoms in total. The molecule has 25 heavy (non-hydrogen) atoms. The molecule has 2 aromatic carbocycles. The largest absolute Gasteiger partial charge is 0.437 e. The van der Waals surface area contributed by atoms with E-state index in [4.69, 9.17) is 45.3 Å². The molecule has 0 saturated carbocycles. The molecular formula is C17H13Cl3N4O. The molecule has 0 aliphatic rings. The smallest absolute Gasteiger partial charge is 0.248 e. The number of ether oxygens (including phenoxy) is 1. The molecule has 1 heterocycles. The zero-order chi connectivity index (χ0) is 18.0. The Balaban J connectivity index is 1.87. The van der Waals surface area contributed by atoms with Crippen LogP contribution in [0, 0.1) is 6.92 Å². The summed E-state index contributed by atoms with van der Waals surface area (Å²) in [7, 11) is 0. The molecule has 0 atom stereocenters. The van der Waals surface area contributed by atoms with Crippen molar-refractivity contribution in [1.29, 1.82) is 0 Å². The number of rotatable bonds is 4. The second kappa shape index (κ2) is 7.35. The van der Waals surface area contributed by atoms with E-state index in [2.05, 4.69) is 15.3 Å². The number of hydrogen-bond donors (Lipinski definition) is 2. The maximum absolute atomic E-state index is 6.12. The Labute approximate surface area is 159 Å². The fourth-order valence-corrected chi connectivity index (χ4v) is 2.76. The fraction of sp³-hybridized carbons (Fsp3) is 0.0588. The molecular weight excluding hydrogens is 383 g/mol. The molecule has 3 aromatic rings. The first kappa shape index (κ1) is 17.6. The number of nitrogens with two attached hydrogens (primary N) is 1. The molecule has 8 heteroatoms. The second-order valence-corrected chi connectivity index (χ2v) is 6.52. The summed E-state index contributed by atoms with van der Waals surface area (Å²) in [6.45, 7) is 1.88. The molecule has 0 spiro atoms. The molecule has 1 aromatic heterocycles. The van der Waals surface area contributed by atoms with Crippen molar-refractivity contribution in [2.24, 2.45) is 0 Å². The number of nitrogens with one attached hydrogen (secondary N) is 1. The number of halogens is 3. The van der Waals surface area contributed by atoms with Crippen LogP contribution >= 0.6 is 34.8 Å². The van der Waals surface area contributed by atoms with Gasteiger partial charge in [0, 0.05) is 20.8 Å². The zero-order valence-electron chi connectivity index (χ0n) is 13.1. The van der Waals surface area contributed by atoms with E-state index in [1.807, 2.05) is 6.92 Å². The molecule has 0 fully saturated rings. The van der Waals surface area contributed by atoms with E-state index in [1.165, 1.54) is 6.33 Å². The van der Waals surface area contributed by atoms with Gasteiger partial charge < -0.3 is 15.8 Å². The van der Waals surface area contributed by atoms with E-state index in [0.717, 1.165) is 5.56 Å². The highest BCUT2D eigenvalue weighted by atomic mass is 35.5. The van der Waals surface area contributed by atoms with Gasteiger partial charge in [0.2, 0.25) is 5.88 Å². The number of nitrogens with zero attached hydrogens (tertiary/aromatic N) is 2. The van der Waals surface area contributed by atoms with Gasteiger partial charge in [-0.05, 0) is 48.9 Å². The van der Waals surface area contributed by atoms with Crippen LogP contribution in [0.15, 0.2) is 42.7 Å². The van der Waals surface area contributed by atoms with Gasteiger partial charge in [0.25, 0.3) is 0 Å². The Morgan fingerprint density at radius 3 is 2.40 bits per heavy atom. The van der Waals surface area contributed by atoms with E-state index in [-0.39, 0.29) is 11.6 Å². The fourth-order valence-electron chi connectivity index (χ4n) is 2.12. The van der Waals surface area contributed by atoms with Gasteiger partial charge >= 0.3 is 0 Å². The number of nitrogen functional groups attached to an aromatic ring is 1. The minimum absolute atomic E-state index is 0.229. The molecule has 0 radical (unpaired) electrons. The number of benzene rings is 2. The molecule has 0 aliphatic carbocycles. The van der Waals surface area contributed by atoms with Crippen LogP contribution in [0.2, 0.25) is 15.1 Å². The summed E-state index contributed by atoms with van der Waals surface area (Å²) < 4.78 is 5.74. The van der Waals surface area contributed by atoms with Crippen LogP contribution in [0.5, 0.6) is 11.6 Å². The summed E-state index contributed by atoms with van der Waals surface area (Å²) in [6, 6.07) is 10.3. The van der Waals surface area contributed by atoms with Gasteiger partial charge in [-0.2, -0.15) is 4.98 Å². The number of hydrogen-bond acceptors (Lipinski definition) is 5. The zero-order valence-corrected chi connectivity index (χ0v) is 15.3. The number of anilines is 3. The summed E-state index contributed by atoms with van der Waals surface area (Å²) in [5, 5.41) is 4.70. The third-order valence-electron chi connectivity index (χ3n) is 3.32. The molecule has 3 rings (SSSR count). The van der Waals surface area contributed by atoms with Gasteiger partial charge in [-0.15, -0.1) is 0 Å². The standard InChI is InChI=1S/C17H13Cl3N4O/c1-9-4-13(2-3-14(9)20)25-17-15(21)16(22-8-23-17)24-12-6-10(18)5-11(19)7-12/h2-8H,21H2,1H3,(H,22,23,24). The predicted octanol–water partition coefficient (Wildman–Crippen LogP) is 5.86. The van der Waals surface area contributed by atoms with Crippen LogP contribution in [0.3, 0.4) is 0 Å². The molecule has 0 bridgehead atoms. The lowest BCUT2D eigenvalue weighted by Crippen LogP contribution is -2.03. The number of aryl methyl sites for hydroxylation is 1. The first-order chi connectivity index (χ1) is 11.9. The van der Waals surface area contributed by atoms with Gasteiger partial charge in [0.15, 0.2) is 5.82 Å². The molecule has 128 valence electrons. The summed E-state index contributed by atoms with van der Waals surface area (Å²) in [5.74, 6) is 1.19. The first-order valence-electron chi connectivity index (χ1n) is 7.20. The van der Waals surface area contributed by atoms with Crippen LogP contribution in [-0.4, -0.2) is 9.97 Å². The minimum Gasteiger partial charge on any atom is -0.437 e. The van der Waals surface area contributed by atoms with Gasteiger partial charge in [0.1, 0.15) is 17.8 Å². The van der Waals surface area contributed by atoms with Crippen molar-refractivity contribution in [2.75, 3.05) is 11.1 Å². The van der Waals surface area contributed by atoms with Crippen molar-refractivity contribution in [2.45, 2.75) is 6.92 Å². The van der Waals surface area contributed by atoms with Gasteiger partial charge in [0.05, 0.1) is 0 Å². The third-order valence-corrected chi connectivity index (χ3v) is 4.18. The van der Waals surface area contributed by atoms with E-state index in [0.29, 0.717) is 32.3 Å². The average Bonchev–Trinajstić information content (AvgIpc) is 2.54. The van der Waals surface area contributed by atoms with E-state index < -0.39 is 0 Å². The van der Waals surface area contributed by atoms with Crippen molar-refractivity contribution in [1.82, 2.24) is 9.97 Å². The minimum atomic E-state index is 0.229. The van der Waals surface area contributed by atoms with Crippen molar-refractivity contribution in [3.05, 3.63) is 63.4 Å². The third kappa shape index (κ3) is 4.25. The summed E-state index contributed by atoms with van der Waals surface area (Å²) in [4.78, 5) is 8.21. The van der Waals surface area contributed by atoms with Crippen molar-refractivity contribution in [3.63, 3.8) is 0 Å². The lowest BCUT2D eigenvalue weighted by atomic mass is 10.2. The van der Waals surface area contributed by atoms with Crippen LogP contribution in [0.4, 0.5) is 17.2 Å². The Hall–Kier alpha value is -2.21. The van der Waals surface area contributed by atoms with E-state index in [9.17, 15) is 0 Å². The maximum atomic E-state index is 6.12. The van der Waals surface area contributed by atoms with Crippen molar-refractivity contribution in [3.8, 4) is 11.6 Å². The first-order valence-corrected chi connectivity index (χ1v) is 8.33. The van der Waals surface area contributed by atoms with Crippen LogP contribution < -0.4 is 15.8 Å². The number of aromatic nitrogens is 2. The second-order valence-electron chi connectivity index (χ2n) is 5.24. The Bertz CT molecular complexity index is 914. The van der Waals surface area contributed by atoms with Crippen molar-refractivity contribution >= 4 is 52.0 Å². The van der Waals surface area contributed by atoms with Crippen LogP contribution in [0.25, 0.3) is 0 Å². The molecule has 0 unspecified atom stereocenters. The van der Waals surface area contributed by atoms with Gasteiger partial charge in [-0.1, -0.05) is 34.8 Å². The Kier molecular flexibility index (Phi) is 5.18. The molecule has 3 N–H and O–H groups in total. The highest BCUT2D eigenvalue weighted by Gasteiger charge is 2.12. The lowest BCUT2D eigenvalue weighted by Gasteiger charge is -2.12. The molecule has 0 aliphatic heterocycles. The van der Waals surface area contributed by atoms with E-state index in [1.54, 1.807) is 36.4 Å². The van der Waals surface area contributed by atoms with E-state index >= 15 is 0 Å². The average molecular weight is 396 g/mol. The predicted molar refractivity (Wildman–Crippen MR) is 102 cm³/mol. The summed E-state index contributed by atoms with van der Waals surface area (Å²) >= 11 is 18.0. The van der Waals surface area contributed by atoms with Crippen molar-refractivity contribution < 1.29 is 4.74 Å². The van der Waals surface area contributed by atoms with Crippen LogP contribution in [-0.2, 0) is 0 Å².